The van der Waals surface area contributed by atoms with E-state index >= 15 is 0 Å². The van der Waals surface area contributed by atoms with Crippen LogP contribution in [0, 0.1) is 0 Å². The molecule has 0 radical (unpaired) electrons. The number of rotatable bonds is 2. The molecule has 0 aliphatic rings. The van der Waals surface area contributed by atoms with Crippen molar-refractivity contribution >= 4 is 11.9 Å². The fourth-order valence-electron chi connectivity index (χ4n) is 0.220. The second-order valence-electron chi connectivity index (χ2n) is 1.21. The van der Waals surface area contributed by atoms with E-state index in [1.54, 1.807) is 11.9 Å². The summed E-state index contributed by atoms with van der Waals surface area (Å²) in [5, 5.41) is 0. The van der Waals surface area contributed by atoms with Crippen LogP contribution in [0.25, 0.3) is 0 Å². The summed E-state index contributed by atoms with van der Waals surface area (Å²) < 4.78 is 2.97. The Morgan fingerprint density at radius 3 is 2.00 bits per heavy atom. The third kappa shape index (κ3) is 11.6. The zero-order valence-electron chi connectivity index (χ0n) is 6.99. The molecule has 2 heteroatoms. The van der Waals surface area contributed by atoms with Crippen LogP contribution >= 0.6 is 11.9 Å². The van der Waals surface area contributed by atoms with E-state index in [-0.39, 0.29) is 0 Å². The SMILES string of the molecule is C/C=C(/C)SNC.CC. The Bertz CT molecular complexity index is 69.3. The van der Waals surface area contributed by atoms with Gasteiger partial charge < -0.3 is 0 Å². The lowest BCUT2D eigenvalue weighted by Crippen LogP contribution is -1.89. The summed E-state index contributed by atoms with van der Waals surface area (Å²) in [7, 11) is 1.91. The van der Waals surface area contributed by atoms with Crippen molar-refractivity contribution in [3.8, 4) is 0 Å². The van der Waals surface area contributed by atoms with Crippen molar-refractivity contribution in [3.05, 3.63) is 11.0 Å². The first-order chi connectivity index (χ1) is 4.31. The third-order valence-electron chi connectivity index (χ3n) is 0.670. The van der Waals surface area contributed by atoms with Gasteiger partial charge in [-0.25, -0.2) is 0 Å². The number of hydrogen-bond acceptors (Lipinski definition) is 2. The Hall–Kier alpha value is 0.0500. The van der Waals surface area contributed by atoms with Gasteiger partial charge in [-0.3, -0.25) is 4.72 Å². The normalized spacial score (nSPS) is 10.1. The van der Waals surface area contributed by atoms with Crippen molar-refractivity contribution in [2.75, 3.05) is 7.05 Å². The zero-order valence-corrected chi connectivity index (χ0v) is 7.80. The monoisotopic (exact) mass is 147 g/mol. The highest BCUT2D eigenvalue weighted by Crippen LogP contribution is 2.06. The molecule has 0 atom stereocenters. The molecule has 0 fully saturated rings. The minimum absolute atomic E-state index is 1.31. The van der Waals surface area contributed by atoms with E-state index in [2.05, 4.69) is 17.7 Å². The molecule has 1 nitrogen and oxygen atoms in total. The molecule has 0 aromatic carbocycles. The highest BCUT2D eigenvalue weighted by molar-refractivity contribution is 8.01. The molecule has 0 rings (SSSR count). The quantitative estimate of drug-likeness (QED) is 0.603. The lowest BCUT2D eigenvalue weighted by atomic mass is 10.6. The Morgan fingerprint density at radius 2 is 1.89 bits per heavy atom. The lowest BCUT2D eigenvalue weighted by Gasteiger charge is -1.92. The highest BCUT2D eigenvalue weighted by atomic mass is 32.2. The first-order valence-corrected chi connectivity index (χ1v) is 4.09. The van der Waals surface area contributed by atoms with Gasteiger partial charge in [0, 0.05) is 0 Å². The van der Waals surface area contributed by atoms with E-state index in [1.807, 2.05) is 27.8 Å². The largest absolute Gasteiger partial charge is 0.263 e. The van der Waals surface area contributed by atoms with Crippen LogP contribution in [0.5, 0.6) is 0 Å². The molecule has 0 saturated heterocycles. The van der Waals surface area contributed by atoms with E-state index in [9.17, 15) is 0 Å². The summed E-state index contributed by atoms with van der Waals surface area (Å²) in [4.78, 5) is 1.31. The van der Waals surface area contributed by atoms with E-state index in [0.717, 1.165) is 0 Å². The molecule has 0 spiro atoms. The lowest BCUT2D eigenvalue weighted by molar-refractivity contribution is 1.30. The minimum Gasteiger partial charge on any atom is -0.263 e. The van der Waals surface area contributed by atoms with Gasteiger partial charge in [0.05, 0.1) is 0 Å². The molecular formula is C7H17NS. The first kappa shape index (κ1) is 11.8. The Morgan fingerprint density at radius 1 is 1.44 bits per heavy atom. The van der Waals surface area contributed by atoms with Crippen molar-refractivity contribution in [1.29, 1.82) is 0 Å². The molecule has 0 unspecified atom stereocenters. The van der Waals surface area contributed by atoms with Gasteiger partial charge in [0.1, 0.15) is 0 Å². The fraction of sp³-hybridized carbons (Fsp3) is 0.714. The molecule has 56 valence electrons. The van der Waals surface area contributed by atoms with Crippen LogP contribution in [-0.4, -0.2) is 7.05 Å². The molecule has 1 N–H and O–H groups in total. The van der Waals surface area contributed by atoms with Gasteiger partial charge >= 0.3 is 0 Å². The van der Waals surface area contributed by atoms with Crippen molar-refractivity contribution in [2.45, 2.75) is 27.7 Å². The Kier molecular flexibility index (Phi) is 14.3. The van der Waals surface area contributed by atoms with Crippen LogP contribution in [-0.2, 0) is 0 Å². The first-order valence-electron chi connectivity index (χ1n) is 3.27. The maximum absolute atomic E-state index is 2.97. The zero-order chi connectivity index (χ0) is 7.70. The topological polar surface area (TPSA) is 12.0 Å². The molecule has 0 bridgehead atoms. The second kappa shape index (κ2) is 10.9. The Balaban J connectivity index is 0. The van der Waals surface area contributed by atoms with Gasteiger partial charge in [-0.15, -0.1) is 0 Å². The van der Waals surface area contributed by atoms with Crippen LogP contribution in [0.15, 0.2) is 11.0 Å². The van der Waals surface area contributed by atoms with Crippen LogP contribution in [0.2, 0.25) is 0 Å². The van der Waals surface area contributed by atoms with Crippen molar-refractivity contribution in [2.24, 2.45) is 0 Å². The molecule has 0 aromatic rings. The summed E-state index contributed by atoms with van der Waals surface area (Å²) >= 11 is 1.64. The molecule has 0 aliphatic carbocycles. The maximum Gasteiger partial charge on any atom is -0.00532 e. The van der Waals surface area contributed by atoms with Crippen molar-refractivity contribution < 1.29 is 0 Å². The maximum atomic E-state index is 2.97. The average molecular weight is 147 g/mol. The predicted octanol–water partition coefficient (Wildman–Crippen LogP) is 2.80. The molecule has 0 saturated carbocycles. The molecule has 0 aromatic heterocycles. The van der Waals surface area contributed by atoms with E-state index in [0.29, 0.717) is 0 Å². The number of hydrogen-bond donors (Lipinski definition) is 1. The minimum atomic E-state index is 1.31. The molecule has 0 amide bonds. The second-order valence-corrected chi connectivity index (χ2v) is 2.46. The van der Waals surface area contributed by atoms with Gasteiger partial charge in [0.2, 0.25) is 0 Å². The fourth-order valence-corrected chi connectivity index (χ4v) is 0.660. The molecule has 0 heterocycles. The molecule has 0 aliphatic heterocycles. The summed E-state index contributed by atoms with van der Waals surface area (Å²) in [6, 6.07) is 0. The van der Waals surface area contributed by atoms with E-state index < -0.39 is 0 Å². The smallest absolute Gasteiger partial charge is 0.00532 e. The van der Waals surface area contributed by atoms with Crippen molar-refractivity contribution in [3.63, 3.8) is 0 Å². The highest BCUT2D eigenvalue weighted by Gasteiger charge is 1.79. The summed E-state index contributed by atoms with van der Waals surface area (Å²) in [6.45, 7) is 8.10. The van der Waals surface area contributed by atoms with E-state index in [4.69, 9.17) is 0 Å². The van der Waals surface area contributed by atoms with E-state index in [1.165, 1.54) is 4.91 Å². The van der Waals surface area contributed by atoms with Crippen molar-refractivity contribution in [1.82, 2.24) is 4.72 Å². The summed E-state index contributed by atoms with van der Waals surface area (Å²) in [5.41, 5.74) is 0. The van der Waals surface area contributed by atoms with Gasteiger partial charge in [-0.1, -0.05) is 31.9 Å². The van der Waals surface area contributed by atoms with Crippen LogP contribution in [0.4, 0.5) is 0 Å². The standard InChI is InChI=1S/C5H11NS.C2H6/c1-4-5(2)7-6-3;1-2/h4,6H,1-3H3;1-2H3/b5-4-;. The van der Waals surface area contributed by atoms with Crippen LogP contribution in [0.1, 0.15) is 27.7 Å². The summed E-state index contributed by atoms with van der Waals surface area (Å²) in [5.74, 6) is 0. The van der Waals surface area contributed by atoms with Gasteiger partial charge in [-0.2, -0.15) is 0 Å². The summed E-state index contributed by atoms with van der Waals surface area (Å²) in [6.07, 6.45) is 2.07. The third-order valence-corrected chi connectivity index (χ3v) is 1.43. The van der Waals surface area contributed by atoms with Crippen LogP contribution < -0.4 is 4.72 Å². The molecule has 9 heavy (non-hydrogen) atoms. The van der Waals surface area contributed by atoms with Gasteiger partial charge in [0.15, 0.2) is 0 Å². The van der Waals surface area contributed by atoms with Gasteiger partial charge in [-0.05, 0) is 25.8 Å². The number of allylic oxidation sites excluding steroid dienone is 2. The predicted molar refractivity (Wildman–Crippen MR) is 47.4 cm³/mol. The Labute approximate surface area is 63.1 Å². The average Bonchev–Trinajstić information content (AvgIpc) is 1.93. The number of nitrogens with one attached hydrogen (secondary N) is 1. The molecular weight excluding hydrogens is 130 g/mol. The van der Waals surface area contributed by atoms with Crippen LogP contribution in [0.3, 0.4) is 0 Å². The van der Waals surface area contributed by atoms with Gasteiger partial charge in [0.25, 0.3) is 0 Å².